The molecule has 0 aromatic heterocycles. The molecule has 4 heteroatoms. The van der Waals surface area contributed by atoms with Gasteiger partial charge in [-0.1, -0.05) is 0 Å². The number of nitrogens with one attached hydrogen (secondary N) is 1. The summed E-state index contributed by atoms with van der Waals surface area (Å²) in [6, 6.07) is 0. The lowest BCUT2D eigenvalue weighted by molar-refractivity contribution is -0.152. The highest BCUT2D eigenvalue weighted by atomic mass is 16.6. The van der Waals surface area contributed by atoms with Gasteiger partial charge in [-0.25, -0.2) is 0 Å². The van der Waals surface area contributed by atoms with Gasteiger partial charge in [-0.3, -0.25) is 4.79 Å². The van der Waals surface area contributed by atoms with Gasteiger partial charge in [0, 0.05) is 13.0 Å². The maximum atomic E-state index is 11.6. The minimum atomic E-state index is -0.135. The van der Waals surface area contributed by atoms with Gasteiger partial charge in [0.05, 0.1) is 6.61 Å². The lowest BCUT2D eigenvalue weighted by Crippen LogP contribution is -2.32. The van der Waals surface area contributed by atoms with E-state index in [1.165, 1.54) is 0 Å². The van der Waals surface area contributed by atoms with Crippen molar-refractivity contribution in [2.75, 3.05) is 26.3 Å². The van der Waals surface area contributed by atoms with Gasteiger partial charge in [0.1, 0.15) is 6.10 Å². The summed E-state index contributed by atoms with van der Waals surface area (Å²) in [5.74, 6) is 0.349. The molecule has 0 radical (unpaired) electrons. The van der Waals surface area contributed by atoms with E-state index in [4.69, 9.17) is 9.47 Å². The molecule has 0 aromatic carbocycles. The van der Waals surface area contributed by atoms with Crippen LogP contribution in [0.3, 0.4) is 0 Å². The van der Waals surface area contributed by atoms with E-state index < -0.39 is 0 Å². The van der Waals surface area contributed by atoms with Gasteiger partial charge >= 0.3 is 5.97 Å². The predicted octanol–water partition coefficient (Wildman–Crippen LogP) is 1.34. The Hall–Kier alpha value is -0.610. The molecule has 94 valence electrons. The Morgan fingerprint density at radius 2 is 2.38 bits per heavy atom. The quantitative estimate of drug-likeness (QED) is 0.698. The molecule has 0 bridgehead atoms. The molecule has 1 fully saturated rings. The van der Waals surface area contributed by atoms with E-state index in [2.05, 4.69) is 5.32 Å². The van der Waals surface area contributed by atoms with Gasteiger partial charge < -0.3 is 14.8 Å². The Morgan fingerprint density at radius 1 is 1.56 bits per heavy atom. The molecule has 2 unspecified atom stereocenters. The van der Waals surface area contributed by atoms with Crippen molar-refractivity contribution in [1.82, 2.24) is 5.32 Å². The van der Waals surface area contributed by atoms with Gasteiger partial charge in [-0.15, -0.1) is 0 Å². The van der Waals surface area contributed by atoms with Crippen LogP contribution in [0.2, 0.25) is 0 Å². The number of hydrogen-bond acceptors (Lipinski definition) is 4. The fourth-order valence-corrected chi connectivity index (χ4v) is 1.92. The Kier molecular flexibility index (Phi) is 6.42. The van der Waals surface area contributed by atoms with Crippen LogP contribution < -0.4 is 5.32 Å². The molecule has 0 aliphatic carbocycles. The molecule has 1 aliphatic rings. The van der Waals surface area contributed by atoms with Crippen LogP contribution in [-0.2, 0) is 14.3 Å². The van der Waals surface area contributed by atoms with Gasteiger partial charge in [0.15, 0.2) is 0 Å². The number of ether oxygens (including phenoxy) is 2. The van der Waals surface area contributed by atoms with E-state index in [0.29, 0.717) is 25.6 Å². The smallest absolute Gasteiger partial charge is 0.306 e. The number of carbonyl (C=O) groups excluding carboxylic acids is 1. The Morgan fingerprint density at radius 3 is 3.00 bits per heavy atom. The van der Waals surface area contributed by atoms with Gasteiger partial charge in [0.2, 0.25) is 0 Å². The van der Waals surface area contributed by atoms with Gasteiger partial charge in [-0.2, -0.15) is 0 Å². The van der Waals surface area contributed by atoms with E-state index >= 15 is 0 Å². The molecular weight excluding hydrogens is 206 g/mol. The molecule has 0 amide bonds. The fraction of sp³-hybridized carbons (Fsp3) is 0.917. The molecule has 16 heavy (non-hydrogen) atoms. The molecule has 0 aromatic rings. The van der Waals surface area contributed by atoms with Crippen LogP contribution in [0.4, 0.5) is 0 Å². The van der Waals surface area contributed by atoms with Crippen molar-refractivity contribution < 1.29 is 14.3 Å². The molecule has 4 nitrogen and oxygen atoms in total. The van der Waals surface area contributed by atoms with Crippen molar-refractivity contribution in [3.63, 3.8) is 0 Å². The summed E-state index contributed by atoms with van der Waals surface area (Å²) < 4.78 is 10.5. The Balaban J connectivity index is 2.13. The molecule has 1 N–H and O–H groups in total. The zero-order valence-electron chi connectivity index (χ0n) is 10.3. The number of rotatable bonds is 6. The van der Waals surface area contributed by atoms with Crippen molar-refractivity contribution in [2.45, 2.75) is 39.2 Å². The lowest BCUT2D eigenvalue weighted by atomic mass is 9.96. The fourth-order valence-electron chi connectivity index (χ4n) is 1.92. The van der Waals surface area contributed by atoms with E-state index in [0.717, 1.165) is 25.9 Å². The lowest BCUT2D eigenvalue weighted by Gasteiger charge is -2.22. The summed E-state index contributed by atoms with van der Waals surface area (Å²) in [4.78, 5) is 11.6. The van der Waals surface area contributed by atoms with Crippen LogP contribution in [0.5, 0.6) is 0 Å². The summed E-state index contributed by atoms with van der Waals surface area (Å²) >= 11 is 0. The standard InChI is InChI=1S/C12H23NO3/c1-3-15-9-10(2)16-12(14)7-11-5-4-6-13-8-11/h10-11,13H,3-9H2,1-2H3. The SMILES string of the molecule is CCOCC(C)OC(=O)CC1CCCNC1. The summed E-state index contributed by atoms with van der Waals surface area (Å²) in [5.41, 5.74) is 0. The zero-order chi connectivity index (χ0) is 11.8. The third-order valence-corrected chi connectivity index (χ3v) is 2.74. The van der Waals surface area contributed by atoms with Crippen LogP contribution in [0.25, 0.3) is 0 Å². The first-order valence-electron chi connectivity index (χ1n) is 6.20. The monoisotopic (exact) mass is 229 g/mol. The molecule has 1 aliphatic heterocycles. The Bertz CT molecular complexity index is 202. The highest BCUT2D eigenvalue weighted by Crippen LogP contribution is 2.15. The second-order valence-electron chi connectivity index (χ2n) is 4.38. The average Bonchev–Trinajstić information content (AvgIpc) is 2.27. The number of esters is 1. The molecule has 1 saturated heterocycles. The van der Waals surface area contributed by atoms with Crippen molar-refractivity contribution in [3.8, 4) is 0 Å². The molecule has 1 rings (SSSR count). The van der Waals surface area contributed by atoms with Crippen LogP contribution in [0.1, 0.15) is 33.1 Å². The first-order valence-corrected chi connectivity index (χ1v) is 6.20. The largest absolute Gasteiger partial charge is 0.460 e. The molecule has 0 spiro atoms. The third-order valence-electron chi connectivity index (χ3n) is 2.74. The zero-order valence-corrected chi connectivity index (χ0v) is 10.3. The van der Waals surface area contributed by atoms with Crippen LogP contribution in [-0.4, -0.2) is 38.4 Å². The maximum absolute atomic E-state index is 11.6. The minimum Gasteiger partial charge on any atom is -0.460 e. The Labute approximate surface area is 97.7 Å². The van der Waals surface area contributed by atoms with Crippen molar-refractivity contribution >= 4 is 5.97 Å². The summed E-state index contributed by atoms with van der Waals surface area (Å²) in [6.07, 6.45) is 2.68. The first-order chi connectivity index (χ1) is 7.72. The van der Waals surface area contributed by atoms with Crippen LogP contribution >= 0.6 is 0 Å². The highest BCUT2D eigenvalue weighted by molar-refractivity contribution is 5.69. The van der Waals surface area contributed by atoms with E-state index in [-0.39, 0.29) is 12.1 Å². The number of carbonyl (C=O) groups is 1. The maximum Gasteiger partial charge on any atom is 0.306 e. The van der Waals surface area contributed by atoms with Crippen molar-refractivity contribution in [3.05, 3.63) is 0 Å². The topological polar surface area (TPSA) is 47.6 Å². The first kappa shape index (κ1) is 13.5. The van der Waals surface area contributed by atoms with Gasteiger partial charge in [-0.05, 0) is 45.7 Å². The van der Waals surface area contributed by atoms with E-state index in [1.807, 2.05) is 13.8 Å². The summed E-state index contributed by atoms with van der Waals surface area (Å²) in [6.45, 7) is 6.97. The summed E-state index contributed by atoms with van der Waals surface area (Å²) in [7, 11) is 0. The number of hydrogen-bond donors (Lipinski definition) is 1. The molecular formula is C12H23NO3. The van der Waals surface area contributed by atoms with E-state index in [9.17, 15) is 4.79 Å². The second-order valence-corrected chi connectivity index (χ2v) is 4.38. The normalized spacial score (nSPS) is 22.8. The second kappa shape index (κ2) is 7.63. The van der Waals surface area contributed by atoms with Gasteiger partial charge in [0.25, 0.3) is 0 Å². The highest BCUT2D eigenvalue weighted by Gasteiger charge is 2.18. The molecule has 2 atom stereocenters. The van der Waals surface area contributed by atoms with Crippen molar-refractivity contribution in [1.29, 1.82) is 0 Å². The average molecular weight is 229 g/mol. The molecule has 0 saturated carbocycles. The van der Waals surface area contributed by atoms with Crippen LogP contribution in [0.15, 0.2) is 0 Å². The summed E-state index contributed by atoms with van der Waals surface area (Å²) in [5, 5.41) is 3.30. The number of piperidine rings is 1. The van der Waals surface area contributed by atoms with Crippen LogP contribution in [0, 0.1) is 5.92 Å². The third kappa shape index (κ3) is 5.47. The predicted molar refractivity (Wildman–Crippen MR) is 62.3 cm³/mol. The minimum absolute atomic E-state index is 0.0964. The van der Waals surface area contributed by atoms with E-state index in [1.54, 1.807) is 0 Å². The van der Waals surface area contributed by atoms with Crippen molar-refractivity contribution in [2.24, 2.45) is 5.92 Å². The molecule has 1 heterocycles.